The smallest absolute Gasteiger partial charge is 0.242 e. The number of benzene rings is 2. The van der Waals surface area contributed by atoms with Crippen LogP contribution in [0.3, 0.4) is 0 Å². The van der Waals surface area contributed by atoms with Crippen molar-refractivity contribution in [1.82, 2.24) is 10.2 Å². The summed E-state index contributed by atoms with van der Waals surface area (Å²) in [5.41, 5.74) is 3.64. The van der Waals surface area contributed by atoms with Gasteiger partial charge in [-0.3, -0.25) is 13.9 Å². The second-order valence-corrected chi connectivity index (χ2v) is 11.0. The highest BCUT2D eigenvalue weighted by Gasteiger charge is 2.26. The second kappa shape index (κ2) is 13.3. The van der Waals surface area contributed by atoms with Crippen molar-refractivity contribution in [2.45, 2.75) is 66.0 Å². The lowest BCUT2D eigenvalue weighted by Crippen LogP contribution is -2.48. The number of rotatable bonds is 13. The SMILES string of the molecule is CCCCNC(=O)C(C)N(Cc1cccc(C)c1)C(=O)CCCN(c1ccc(C)cc1)S(C)(=O)=O. The van der Waals surface area contributed by atoms with Crippen LogP contribution in [0.4, 0.5) is 5.69 Å². The first-order valence-corrected chi connectivity index (χ1v) is 14.0. The van der Waals surface area contributed by atoms with E-state index >= 15 is 0 Å². The van der Waals surface area contributed by atoms with Gasteiger partial charge in [-0.25, -0.2) is 8.42 Å². The van der Waals surface area contributed by atoms with Crippen LogP contribution in [0.25, 0.3) is 0 Å². The molecule has 0 aromatic heterocycles. The predicted molar refractivity (Wildman–Crippen MR) is 142 cm³/mol. The molecule has 192 valence electrons. The molecule has 8 heteroatoms. The highest BCUT2D eigenvalue weighted by Crippen LogP contribution is 2.20. The molecule has 1 unspecified atom stereocenters. The van der Waals surface area contributed by atoms with Crippen molar-refractivity contribution >= 4 is 27.5 Å². The summed E-state index contributed by atoms with van der Waals surface area (Å²) in [4.78, 5) is 27.6. The summed E-state index contributed by atoms with van der Waals surface area (Å²) in [7, 11) is -3.50. The quantitative estimate of drug-likeness (QED) is 0.417. The predicted octanol–water partition coefficient (Wildman–Crippen LogP) is 4.18. The van der Waals surface area contributed by atoms with E-state index in [1.54, 1.807) is 24.0 Å². The lowest BCUT2D eigenvalue weighted by atomic mass is 10.1. The molecular weight excluding hydrogens is 462 g/mol. The average Bonchev–Trinajstić information content (AvgIpc) is 2.80. The number of hydrogen-bond acceptors (Lipinski definition) is 4. The molecule has 0 aliphatic heterocycles. The molecule has 0 heterocycles. The molecule has 0 spiro atoms. The number of unbranched alkanes of at least 4 members (excludes halogenated alkanes) is 1. The standard InChI is InChI=1S/C27H39N3O4S/c1-6-7-17-28-27(32)23(4)29(20-24-11-8-10-22(3)19-24)26(31)12-9-18-30(35(5,33)34)25-15-13-21(2)14-16-25/h8,10-11,13-16,19,23H,6-7,9,12,17-18,20H2,1-5H3,(H,28,32). The number of anilines is 1. The van der Waals surface area contributed by atoms with E-state index < -0.39 is 16.1 Å². The summed E-state index contributed by atoms with van der Waals surface area (Å²) < 4.78 is 26.1. The molecule has 0 aliphatic carbocycles. The molecule has 2 amide bonds. The topological polar surface area (TPSA) is 86.8 Å². The van der Waals surface area contributed by atoms with Crippen LogP contribution in [-0.2, 0) is 26.2 Å². The van der Waals surface area contributed by atoms with E-state index in [1.807, 2.05) is 50.2 Å². The maximum atomic E-state index is 13.3. The minimum atomic E-state index is -3.50. The fourth-order valence-corrected chi connectivity index (χ4v) is 4.81. The van der Waals surface area contributed by atoms with Crippen LogP contribution in [-0.4, -0.2) is 50.5 Å². The summed E-state index contributed by atoms with van der Waals surface area (Å²) >= 11 is 0. The third kappa shape index (κ3) is 9.02. The Morgan fingerprint density at radius 3 is 2.29 bits per heavy atom. The van der Waals surface area contributed by atoms with E-state index in [9.17, 15) is 18.0 Å². The van der Waals surface area contributed by atoms with Crippen LogP contribution in [0, 0.1) is 13.8 Å². The van der Waals surface area contributed by atoms with Gasteiger partial charge in [0, 0.05) is 26.1 Å². The van der Waals surface area contributed by atoms with Crippen LogP contribution < -0.4 is 9.62 Å². The first kappa shape index (κ1) is 28.4. The van der Waals surface area contributed by atoms with Gasteiger partial charge in [-0.15, -0.1) is 0 Å². The zero-order valence-electron chi connectivity index (χ0n) is 21.6. The minimum absolute atomic E-state index is 0.135. The van der Waals surface area contributed by atoms with Crippen LogP contribution in [0.1, 0.15) is 56.2 Å². The molecule has 0 saturated heterocycles. The third-order valence-electron chi connectivity index (χ3n) is 5.91. The van der Waals surface area contributed by atoms with Crippen molar-refractivity contribution in [2.24, 2.45) is 0 Å². The lowest BCUT2D eigenvalue weighted by molar-refractivity contribution is -0.140. The van der Waals surface area contributed by atoms with E-state index in [0.717, 1.165) is 29.5 Å². The maximum absolute atomic E-state index is 13.3. The van der Waals surface area contributed by atoms with Gasteiger partial charge < -0.3 is 10.2 Å². The van der Waals surface area contributed by atoms with Gasteiger partial charge in [-0.05, 0) is 51.3 Å². The van der Waals surface area contributed by atoms with E-state index in [2.05, 4.69) is 12.2 Å². The van der Waals surface area contributed by atoms with Crippen LogP contribution in [0.15, 0.2) is 48.5 Å². The van der Waals surface area contributed by atoms with Gasteiger partial charge in [-0.1, -0.05) is 60.9 Å². The average molecular weight is 502 g/mol. The van der Waals surface area contributed by atoms with Gasteiger partial charge in [0.2, 0.25) is 21.8 Å². The van der Waals surface area contributed by atoms with Crippen molar-refractivity contribution in [3.8, 4) is 0 Å². The molecule has 0 bridgehead atoms. The molecule has 0 saturated carbocycles. The largest absolute Gasteiger partial charge is 0.354 e. The molecule has 0 radical (unpaired) electrons. The van der Waals surface area contributed by atoms with Crippen molar-refractivity contribution in [3.05, 3.63) is 65.2 Å². The first-order valence-electron chi connectivity index (χ1n) is 12.2. The van der Waals surface area contributed by atoms with Crippen LogP contribution in [0.5, 0.6) is 0 Å². The van der Waals surface area contributed by atoms with E-state index in [0.29, 0.717) is 25.2 Å². The van der Waals surface area contributed by atoms with E-state index in [1.165, 1.54) is 10.6 Å². The Kier molecular flexibility index (Phi) is 10.8. The number of carbonyl (C=O) groups excluding carboxylic acids is 2. The van der Waals surface area contributed by atoms with Crippen molar-refractivity contribution in [2.75, 3.05) is 23.7 Å². The van der Waals surface area contributed by atoms with Gasteiger partial charge in [0.25, 0.3) is 0 Å². The highest BCUT2D eigenvalue weighted by molar-refractivity contribution is 7.92. The van der Waals surface area contributed by atoms with Crippen LogP contribution in [0.2, 0.25) is 0 Å². The van der Waals surface area contributed by atoms with Crippen molar-refractivity contribution < 1.29 is 18.0 Å². The van der Waals surface area contributed by atoms with Gasteiger partial charge in [0.1, 0.15) is 6.04 Å². The number of amides is 2. The first-order chi connectivity index (χ1) is 16.5. The van der Waals surface area contributed by atoms with E-state index in [4.69, 9.17) is 0 Å². The molecule has 2 aromatic rings. The summed E-state index contributed by atoms with van der Waals surface area (Å²) in [6.07, 6.45) is 3.50. The highest BCUT2D eigenvalue weighted by atomic mass is 32.2. The fourth-order valence-electron chi connectivity index (χ4n) is 3.84. The zero-order valence-corrected chi connectivity index (χ0v) is 22.4. The number of nitrogens with zero attached hydrogens (tertiary/aromatic N) is 2. The number of hydrogen-bond donors (Lipinski definition) is 1. The van der Waals surface area contributed by atoms with Crippen molar-refractivity contribution in [3.63, 3.8) is 0 Å². The van der Waals surface area contributed by atoms with E-state index in [-0.39, 0.29) is 24.8 Å². The Hall–Kier alpha value is -2.87. The minimum Gasteiger partial charge on any atom is -0.354 e. The van der Waals surface area contributed by atoms with Gasteiger partial charge in [0.05, 0.1) is 11.9 Å². The Labute approximate surface area is 210 Å². The Balaban J connectivity index is 2.13. The molecule has 2 aromatic carbocycles. The molecule has 1 atom stereocenters. The Morgan fingerprint density at radius 2 is 1.69 bits per heavy atom. The maximum Gasteiger partial charge on any atom is 0.242 e. The van der Waals surface area contributed by atoms with Crippen LogP contribution >= 0.6 is 0 Å². The summed E-state index contributed by atoms with van der Waals surface area (Å²) in [6.45, 7) is 8.80. The molecule has 1 N–H and O–H groups in total. The molecule has 35 heavy (non-hydrogen) atoms. The lowest BCUT2D eigenvalue weighted by Gasteiger charge is -2.29. The second-order valence-electron chi connectivity index (χ2n) is 9.11. The molecule has 2 rings (SSSR count). The number of nitrogens with one attached hydrogen (secondary N) is 1. The monoisotopic (exact) mass is 501 g/mol. The van der Waals surface area contributed by atoms with Gasteiger partial charge >= 0.3 is 0 Å². The van der Waals surface area contributed by atoms with Gasteiger partial charge in [0.15, 0.2) is 0 Å². The molecular formula is C27H39N3O4S. The molecule has 0 aliphatic rings. The zero-order chi connectivity index (χ0) is 26.0. The summed E-state index contributed by atoms with van der Waals surface area (Å²) in [5.74, 6) is -0.362. The van der Waals surface area contributed by atoms with Crippen molar-refractivity contribution in [1.29, 1.82) is 0 Å². The molecule has 7 nitrogen and oxygen atoms in total. The molecule has 0 fully saturated rings. The third-order valence-corrected chi connectivity index (χ3v) is 7.10. The fraction of sp³-hybridized carbons (Fsp3) is 0.481. The number of aryl methyl sites for hydroxylation is 2. The summed E-state index contributed by atoms with van der Waals surface area (Å²) in [5, 5.41) is 2.92. The number of carbonyl (C=O) groups is 2. The van der Waals surface area contributed by atoms with Gasteiger partial charge in [-0.2, -0.15) is 0 Å². The number of sulfonamides is 1. The Bertz CT molecular complexity index is 1080. The normalized spacial score (nSPS) is 12.1. The summed E-state index contributed by atoms with van der Waals surface area (Å²) in [6, 6.07) is 14.5. The Morgan fingerprint density at radius 1 is 1.00 bits per heavy atom.